The lowest BCUT2D eigenvalue weighted by atomic mass is 9.98. The van der Waals surface area contributed by atoms with Crippen molar-refractivity contribution in [1.29, 1.82) is 0 Å². The molecule has 0 aliphatic rings. The first-order chi connectivity index (χ1) is 18.3. The van der Waals surface area contributed by atoms with Gasteiger partial charge in [0.25, 0.3) is 0 Å². The summed E-state index contributed by atoms with van der Waals surface area (Å²) in [5.74, 6) is 0.742. The second kappa shape index (κ2) is 10.7. The molecule has 1 amide bonds. The van der Waals surface area contributed by atoms with Crippen molar-refractivity contribution in [2.24, 2.45) is 0 Å². The van der Waals surface area contributed by atoms with Gasteiger partial charge in [0, 0.05) is 40.5 Å². The predicted octanol–water partition coefficient (Wildman–Crippen LogP) is 6.37. The van der Waals surface area contributed by atoms with Gasteiger partial charge in [0.2, 0.25) is 5.91 Å². The first kappa shape index (κ1) is 25.5. The maximum absolute atomic E-state index is 11.6. The van der Waals surface area contributed by atoms with Gasteiger partial charge in [-0.05, 0) is 70.7 Å². The molecule has 0 fully saturated rings. The van der Waals surface area contributed by atoms with E-state index < -0.39 is 0 Å². The highest BCUT2D eigenvalue weighted by atomic mass is 79.9. The van der Waals surface area contributed by atoms with Crippen molar-refractivity contribution in [3.63, 3.8) is 0 Å². The molecule has 0 aliphatic heterocycles. The van der Waals surface area contributed by atoms with Crippen molar-refractivity contribution >= 4 is 49.1 Å². The SMILES string of the molecule is C=CC(=O)NCc1ccc(-c2sc3c(Br)cnc(N)c3c2-c2ccc(Oc3nccc(C)n3)cn2)c(C)c1. The summed E-state index contributed by atoms with van der Waals surface area (Å²) in [4.78, 5) is 30.2. The highest BCUT2D eigenvalue weighted by Gasteiger charge is 2.22. The van der Waals surface area contributed by atoms with Gasteiger partial charge in [0.1, 0.15) is 11.6 Å². The van der Waals surface area contributed by atoms with Crippen LogP contribution < -0.4 is 15.8 Å². The second-order valence-electron chi connectivity index (χ2n) is 8.53. The van der Waals surface area contributed by atoms with Crippen LogP contribution in [0.25, 0.3) is 31.8 Å². The number of rotatable bonds is 7. The summed E-state index contributed by atoms with van der Waals surface area (Å²) in [5, 5.41) is 3.66. The number of pyridine rings is 2. The number of aromatic nitrogens is 4. The van der Waals surface area contributed by atoms with E-state index in [-0.39, 0.29) is 11.9 Å². The lowest BCUT2D eigenvalue weighted by molar-refractivity contribution is -0.116. The fraction of sp³-hybridized carbons (Fsp3) is 0.107. The van der Waals surface area contributed by atoms with Gasteiger partial charge >= 0.3 is 6.01 Å². The van der Waals surface area contributed by atoms with Gasteiger partial charge in [-0.25, -0.2) is 15.0 Å². The van der Waals surface area contributed by atoms with Gasteiger partial charge in [-0.15, -0.1) is 11.3 Å². The summed E-state index contributed by atoms with van der Waals surface area (Å²) in [7, 11) is 0. The van der Waals surface area contributed by atoms with Gasteiger partial charge in [0.15, 0.2) is 0 Å². The quantitative estimate of drug-likeness (QED) is 0.213. The Kier molecular flexibility index (Phi) is 7.17. The molecular formula is C28H23BrN6O2S. The van der Waals surface area contributed by atoms with Crippen molar-refractivity contribution in [1.82, 2.24) is 25.3 Å². The number of nitrogen functional groups attached to an aromatic ring is 1. The van der Waals surface area contributed by atoms with Gasteiger partial charge < -0.3 is 15.8 Å². The number of hydrogen-bond acceptors (Lipinski definition) is 8. The Morgan fingerprint density at radius 3 is 2.71 bits per heavy atom. The third-order valence-electron chi connectivity index (χ3n) is 5.86. The van der Waals surface area contributed by atoms with Gasteiger partial charge in [0.05, 0.1) is 21.1 Å². The number of nitrogens with one attached hydrogen (secondary N) is 1. The van der Waals surface area contributed by atoms with E-state index in [0.29, 0.717) is 18.1 Å². The molecule has 3 N–H and O–H groups in total. The summed E-state index contributed by atoms with van der Waals surface area (Å²) >= 11 is 5.26. The van der Waals surface area contributed by atoms with Crippen molar-refractivity contribution in [2.45, 2.75) is 20.4 Å². The average Bonchev–Trinajstić information content (AvgIpc) is 3.31. The van der Waals surface area contributed by atoms with Crippen molar-refractivity contribution < 1.29 is 9.53 Å². The number of carbonyl (C=O) groups excluding carboxylic acids is 1. The average molecular weight is 588 g/mol. The fourth-order valence-corrected chi connectivity index (χ4v) is 5.90. The van der Waals surface area contributed by atoms with Crippen LogP contribution in [-0.2, 0) is 11.3 Å². The van der Waals surface area contributed by atoms with Gasteiger partial charge in [-0.1, -0.05) is 24.8 Å². The van der Waals surface area contributed by atoms with Crippen LogP contribution in [0.3, 0.4) is 0 Å². The van der Waals surface area contributed by atoms with Crippen LogP contribution in [0.5, 0.6) is 11.8 Å². The Morgan fingerprint density at radius 1 is 1.16 bits per heavy atom. The number of anilines is 1. The molecule has 190 valence electrons. The van der Waals surface area contributed by atoms with E-state index in [0.717, 1.165) is 53.1 Å². The van der Waals surface area contributed by atoms with Crippen molar-refractivity contribution in [2.75, 3.05) is 5.73 Å². The maximum atomic E-state index is 11.6. The molecule has 5 rings (SSSR count). The first-order valence-corrected chi connectivity index (χ1v) is 13.3. The molecule has 0 unspecified atom stereocenters. The van der Waals surface area contributed by atoms with Crippen LogP contribution in [0.4, 0.5) is 5.82 Å². The monoisotopic (exact) mass is 586 g/mol. The molecule has 0 bridgehead atoms. The van der Waals surface area contributed by atoms with Crippen LogP contribution in [0.15, 0.2) is 72.1 Å². The molecule has 8 nitrogen and oxygen atoms in total. The number of carbonyl (C=O) groups is 1. The standard InChI is InChI=1S/C28H23BrN6O2S/c1-4-22(36)33-12-17-5-7-19(15(2)11-17)25-23(24-26(38-25)20(29)14-34-27(24)30)21-8-6-18(13-32-21)37-28-31-10-9-16(3)35-28/h4-11,13-14H,1,12H2,2-3H3,(H2,30,34)(H,33,36). The molecule has 4 heterocycles. The fourth-order valence-electron chi connectivity index (χ4n) is 4.05. The zero-order valence-corrected chi connectivity index (χ0v) is 23.1. The van der Waals surface area contributed by atoms with E-state index in [1.807, 2.05) is 32.0 Å². The van der Waals surface area contributed by atoms with E-state index in [4.69, 9.17) is 15.5 Å². The molecule has 0 saturated carbocycles. The highest BCUT2D eigenvalue weighted by molar-refractivity contribution is 9.10. The van der Waals surface area contributed by atoms with Gasteiger partial charge in [-0.2, -0.15) is 0 Å². The molecule has 4 aromatic heterocycles. The summed E-state index contributed by atoms with van der Waals surface area (Å²) in [6.45, 7) is 7.84. The molecular weight excluding hydrogens is 564 g/mol. The third-order valence-corrected chi connectivity index (χ3v) is 7.98. The number of ether oxygens (including phenoxy) is 1. The zero-order valence-electron chi connectivity index (χ0n) is 20.7. The van der Waals surface area contributed by atoms with E-state index in [2.05, 4.69) is 54.9 Å². The number of benzene rings is 1. The Hall–Kier alpha value is -4.15. The number of hydrogen-bond donors (Lipinski definition) is 2. The molecule has 0 aliphatic carbocycles. The summed E-state index contributed by atoms with van der Waals surface area (Å²) in [5.41, 5.74) is 11.9. The Bertz CT molecular complexity index is 1680. The third kappa shape index (κ3) is 5.13. The molecule has 0 radical (unpaired) electrons. The minimum absolute atomic E-state index is 0.209. The highest BCUT2D eigenvalue weighted by Crippen LogP contribution is 2.48. The number of nitrogens with zero attached hydrogens (tertiary/aromatic N) is 4. The van der Waals surface area contributed by atoms with Crippen LogP contribution in [0.1, 0.15) is 16.8 Å². The number of thiophene rings is 1. The van der Waals surface area contributed by atoms with E-state index in [1.54, 1.807) is 36.0 Å². The number of aryl methyl sites for hydroxylation is 2. The molecule has 0 atom stereocenters. The predicted molar refractivity (Wildman–Crippen MR) is 154 cm³/mol. The zero-order chi connectivity index (χ0) is 26.8. The number of fused-ring (bicyclic) bond motifs is 1. The normalized spacial score (nSPS) is 10.9. The largest absolute Gasteiger partial charge is 0.423 e. The van der Waals surface area contributed by atoms with Crippen LogP contribution in [0.2, 0.25) is 0 Å². The Labute approximate surface area is 231 Å². The van der Waals surface area contributed by atoms with Crippen LogP contribution >= 0.6 is 27.3 Å². The van der Waals surface area contributed by atoms with Crippen molar-refractivity contribution in [3.05, 3.63) is 88.9 Å². The minimum atomic E-state index is -0.209. The van der Waals surface area contributed by atoms with E-state index in [1.165, 1.54) is 6.08 Å². The lowest BCUT2D eigenvalue weighted by Gasteiger charge is -2.11. The van der Waals surface area contributed by atoms with E-state index >= 15 is 0 Å². The Morgan fingerprint density at radius 2 is 2.00 bits per heavy atom. The number of halogens is 1. The summed E-state index contributed by atoms with van der Waals surface area (Å²) < 4.78 is 7.64. The van der Waals surface area contributed by atoms with Crippen LogP contribution in [-0.4, -0.2) is 25.8 Å². The van der Waals surface area contributed by atoms with Gasteiger partial charge in [-0.3, -0.25) is 9.78 Å². The van der Waals surface area contributed by atoms with Crippen molar-refractivity contribution in [3.8, 4) is 33.5 Å². The van der Waals surface area contributed by atoms with E-state index in [9.17, 15) is 4.79 Å². The summed E-state index contributed by atoms with van der Waals surface area (Å²) in [6.07, 6.45) is 6.27. The minimum Gasteiger partial charge on any atom is -0.423 e. The second-order valence-corrected chi connectivity index (χ2v) is 10.4. The topological polar surface area (TPSA) is 116 Å². The first-order valence-electron chi connectivity index (χ1n) is 11.6. The molecule has 5 aromatic rings. The van der Waals surface area contributed by atoms with Crippen LogP contribution in [0, 0.1) is 13.8 Å². The Balaban J connectivity index is 1.58. The summed E-state index contributed by atoms with van der Waals surface area (Å²) in [6, 6.07) is 11.9. The maximum Gasteiger partial charge on any atom is 0.322 e. The molecule has 1 aromatic carbocycles. The smallest absolute Gasteiger partial charge is 0.322 e. The molecule has 10 heteroatoms. The molecule has 38 heavy (non-hydrogen) atoms. The number of nitrogens with two attached hydrogens (primary N) is 1. The number of amides is 1. The molecule has 0 saturated heterocycles. The molecule has 0 spiro atoms. The lowest BCUT2D eigenvalue weighted by Crippen LogP contribution is -2.19.